The molecule has 0 unspecified atom stereocenters. The van der Waals surface area contributed by atoms with E-state index in [1.807, 2.05) is 27.7 Å². The van der Waals surface area contributed by atoms with Crippen LogP contribution in [0.3, 0.4) is 0 Å². The monoisotopic (exact) mass is 913 g/mol. The topological polar surface area (TPSA) is 63.1 Å². The molecule has 6 rings (SSSR count). The van der Waals surface area contributed by atoms with Crippen LogP contribution in [-0.4, -0.2) is 28.9 Å². The molecule has 0 bridgehead atoms. The first-order valence-corrected chi connectivity index (χ1v) is 23.2. The number of aliphatic hydroxyl groups excluding tert-OH is 1. The van der Waals surface area contributed by atoms with Crippen LogP contribution in [0.2, 0.25) is 18.1 Å². The number of hydrogen-bond acceptors (Lipinski definition) is 5. The van der Waals surface area contributed by atoms with E-state index in [-0.39, 0.29) is 49.8 Å². The van der Waals surface area contributed by atoms with E-state index in [2.05, 4.69) is 80.4 Å². The molecule has 1 N–H and O–H groups in total. The molecule has 5 aromatic rings. The number of fused-ring (bicyclic) bond motifs is 4. The predicted molar refractivity (Wildman–Crippen MR) is 223 cm³/mol. The molecule has 0 spiro atoms. The van der Waals surface area contributed by atoms with E-state index in [4.69, 9.17) is 6.35 Å². The summed E-state index contributed by atoms with van der Waals surface area (Å²) in [6, 6.07) is 25.3. The Labute approximate surface area is 332 Å². The van der Waals surface area contributed by atoms with Gasteiger partial charge in [-0.05, 0) is 49.7 Å². The van der Waals surface area contributed by atoms with Crippen molar-refractivity contribution in [2.75, 3.05) is 0 Å². The van der Waals surface area contributed by atoms with Crippen LogP contribution in [0.25, 0.3) is 42.3 Å². The van der Waals surface area contributed by atoms with Gasteiger partial charge in [0.05, 0.1) is 19.3 Å². The Kier molecular flexibility index (Phi) is 15.2. The van der Waals surface area contributed by atoms with Crippen molar-refractivity contribution in [1.29, 1.82) is 0 Å². The zero-order valence-corrected chi connectivity index (χ0v) is 36.6. The molecule has 7 heteroatoms. The van der Waals surface area contributed by atoms with Crippen LogP contribution in [0.1, 0.15) is 107 Å². The fourth-order valence-corrected chi connectivity index (χ4v) is 13.4. The second-order valence-corrected chi connectivity index (χ2v) is 20.9. The predicted octanol–water partition coefficient (Wildman–Crippen LogP) is 12.8. The van der Waals surface area contributed by atoms with Gasteiger partial charge in [0.2, 0.25) is 0 Å². The Bertz CT molecular complexity index is 2000. The van der Waals surface area contributed by atoms with Crippen molar-refractivity contribution in [2.45, 2.75) is 124 Å². The Morgan fingerprint density at radius 2 is 1.58 bits per heavy atom. The van der Waals surface area contributed by atoms with Crippen molar-refractivity contribution in [2.24, 2.45) is 17.8 Å². The molecule has 0 aliphatic heterocycles. The van der Waals surface area contributed by atoms with Crippen LogP contribution in [0.15, 0.2) is 66.7 Å². The van der Waals surface area contributed by atoms with Crippen LogP contribution in [-0.2, 0) is 31.3 Å². The summed E-state index contributed by atoms with van der Waals surface area (Å²) in [4.78, 5) is 21.1. The van der Waals surface area contributed by atoms with Crippen LogP contribution >= 0.6 is 11.3 Å². The number of aromatic nitrogens is 2. The van der Waals surface area contributed by atoms with E-state index < -0.39 is 8.07 Å². The average molecular weight is 913 g/mol. The first-order valence-electron chi connectivity index (χ1n) is 20.2. The fourth-order valence-electron chi connectivity index (χ4n) is 8.33. The summed E-state index contributed by atoms with van der Waals surface area (Å²) in [6.07, 6.45) is 11.6. The van der Waals surface area contributed by atoms with Gasteiger partial charge in [0, 0.05) is 58.5 Å². The van der Waals surface area contributed by atoms with Gasteiger partial charge in [0.15, 0.2) is 5.78 Å². The number of carbonyl (C=O) groups is 1. The summed E-state index contributed by atoms with van der Waals surface area (Å²) < 4.78 is 10.8. The van der Waals surface area contributed by atoms with E-state index >= 15 is 0 Å². The van der Waals surface area contributed by atoms with Gasteiger partial charge in [-0.2, -0.15) is 0 Å². The number of nitrogens with zero attached hydrogens (tertiary/aromatic N) is 2. The molecular formula is C45H59IrN2O2SSi-. The molecule has 281 valence electrons. The maximum atomic E-state index is 11.7. The Balaban J connectivity index is 0.000000335. The van der Waals surface area contributed by atoms with Crippen molar-refractivity contribution < 1.29 is 31.4 Å². The van der Waals surface area contributed by atoms with Gasteiger partial charge in [0.25, 0.3) is 0 Å². The van der Waals surface area contributed by atoms with E-state index in [0.29, 0.717) is 0 Å². The van der Waals surface area contributed by atoms with Crippen LogP contribution in [0, 0.1) is 23.8 Å². The van der Waals surface area contributed by atoms with E-state index in [0.717, 1.165) is 63.8 Å². The molecule has 1 aliphatic carbocycles. The van der Waals surface area contributed by atoms with Crippen molar-refractivity contribution in [3.63, 3.8) is 0 Å². The number of ketones is 1. The summed E-state index contributed by atoms with van der Waals surface area (Å²) in [7, 11) is -1.67. The molecule has 52 heavy (non-hydrogen) atoms. The zero-order valence-electron chi connectivity index (χ0n) is 33.4. The summed E-state index contributed by atoms with van der Waals surface area (Å²) in [5.41, 5.74) is 4.22. The molecule has 0 atom stereocenters. The second kappa shape index (κ2) is 19.6. The molecule has 0 amide bonds. The van der Waals surface area contributed by atoms with Crippen LogP contribution in [0.4, 0.5) is 0 Å². The van der Waals surface area contributed by atoms with Crippen LogP contribution in [0.5, 0.6) is 0 Å². The molecular weight excluding hydrogens is 853 g/mol. The SMILES string of the molecule is CCC(CC)C(=O)/C=C(\O)C(CC)CC.[2H]c1nc(-c2[c-]c3ccccc3c([Si](CC)(CC)CC)c2)c2sc3cc(CC4CCCC4)ccc3c2n1.[Ir]. The zero-order chi connectivity index (χ0) is 37.4. The van der Waals surface area contributed by atoms with E-state index in [9.17, 15) is 9.90 Å². The minimum atomic E-state index is -1.67. The largest absolute Gasteiger partial charge is 0.512 e. The maximum Gasteiger partial charge on any atom is 0.162 e. The van der Waals surface area contributed by atoms with Gasteiger partial charge in [-0.1, -0.05) is 134 Å². The Hall–Kier alpha value is -2.70. The maximum absolute atomic E-state index is 11.7. The van der Waals surface area contributed by atoms with E-state index in [1.165, 1.54) is 77.1 Å². The number of allylic oxidation sites excluding steroid dienone is 2. The van der Waals surface area contributed by atoms with Crippen LogP contribution < -0.4 is 5.19 Å². The normalized spacial score (nSPS) is 14.2. The molecule has 3 aromatic carbocycles. The second-order valence-electron chi connectivity index (χ2n) is 14.6. The van der Waals surface area contributed by atoms with Crippen molar-refractivity contribution in [3.8, 4) is 11.3 Å². The number of rotatable bonds is 14. The van der Waals surface area contributed by atoms with Crippen molar-refractivity contribution in [1.82, 2.24) is 9.97 Å². The number of hydrogen-bond donors (Lipinski definition) is 1. The number of thiophene rings is 1. The minimum Gasteiger partial charge on any atom is -0.512 e. The first-order chi connectivity index (χ1) is 25.1. The van der Waals surface area contributed by atoms with Gasteiger partial charge in [-0.15, -0.1) is 40.1 Å². The molecule has 1 aliphatic rings. The van der Waals surface area contributed by atoms with Gasteiger partial charge in [-0.25, -0.2) is 4.98 Å². The number of carbonyl (C=O) groups excluding carboxylic acids is 1. The smallest absolute Gasteiger partial charge is 0.162 e. The third-order valence-electron chi connectivity index (χ3n) is 12.0. The molecule has 1 saturated carbocycles. The van der Waals surface area contributed by atoms with Gasteiger partial charge in [-0.3, -0.25) is 9.78 Å². The standard InChI is InChI=1S/C32H35N2SSi.C13H24O2.Ir/c1-4-36(5-2,6-3)29-20-25(19-24-13-9-10-14-26(24)29)30-32-31(34-21-33-30)27-16-15-23(18-28(27)35-32)17-22-11-7-8-12-22;1-5-10(6-2)12(14)9-13(15)11(7-3)8-4;/h9-10,13-16,18,20-22H,4-8,11-12,17H2,1-3H3;9-11,14H,5-8H2,1-4H3;/q-1;;/b;12-9-;/i21D;;. The molecule has 4 nitrogen and oxygen atoms in total. The fraction of sp³-hybridized carbons (Fsp3) is 0.489. The molecule has 2 aromatic heterocycles. The number of benzene rings is 3. The Morgan fingerprint density at radius 1 is 0.923 bits per heavy atom. The van der Waals surface area contributed by atoms with E-state index in [1.54, 1.807) is 11.3 Å². The summed E-state index contributed by atoms with van der Waals surface area (Å²) >= 11 is 1.78. The third-order valence-corrected chi connectivity index (χ3v) is 18.7. The van der Waals surface area contributed by atoms with Gasteiger partial charge >= 0.3 is 0 Å². The van der Waals surface area contributed by atoms with Gasteiger partial charge < -0.3 is 5.11 Å². The molecule has 1 fully saturated rings. The van der Waals surface area contributed by atoms with Crippen molar-refractivity contribution in [3.05, 3.63) is 78.3 Å². The quantitative estimate of drug-likeness (QED) is 0.0522. The number of aliphatic hydroxyl groups is 1. The molecule has 2 heterocycles. The Morgan fingerprint density at radius 3 is 2.21 bits per heavy atom. The summed E-state index contributed by atoms with van der Waals surface area (Å²) in [5.74, 6) is 1.37. The average Bonchev–Trinajstić information content (AvgIpc) is 3.81. The summed E-state index contributed by atoms with van der Waals surface area (Å²) in [6.45, 7) is 15.2. The first kappa shape index (κ1) is 40.5. The third kappa shape index (κ3) is 9.14. The molecule has 0 saturated heterocycles. The minimum absolute atomic E-state index is 0. The van der Waals surface area contributed by atoms with Crippen molar-refractivity contribution >= 4 is 61.5 Å². The molecule has 1 radical (unpaired) electrons. The summed E-state index contributed by atoms with van der Waals surface area (Å²) in [5, 5.41) is 14.9. The van der Waals surface area contributed by atoms with Gasteiger partial charge in [0.1, 0.15) is 7.67 Å².